The van der Waals surface area contributed by atoms with Crippen molar-refractivity contribution in [3.8, 4) is 11.4 Å². The van der Waals surface area contributed by atoms with Crippen LogP contribution >= 0.6 is 81.4 Å². The first kappa shape index (κ1) is 51.9. The van der Waals surface area contributed by atoms with Crippen LogP contribution in [0.2, 0.25) is 6.82 Å². The molecule has 0 bridgehead atoms. The Kier molecular flexibility index (Phi) is 18.5. The monoisotopic (exact) mass is 1040 g/mol. The molecule has 1 heterocycles. The number of nitrogens with zero attached hydrogens (tertiary/aromatic N) is 4. The number of carbonyl (C=O) groups is 2. The summed E-state index contributed by atoms with van der Waals surface area (Å²) < 4.78 is -3.71. The minimum Gasteiger partial charge on any atom is -0.312 e. The third kappa shape index (κ3) is 14.5. The molecular formula is C53H42BCl6N4O3S-. The normalized spacial score (nSPS) is 11.6. The zero-order valence-corrected chi connectivity index (χ0v) is 42.2. The zero-order chi connectivity index (χ0) is 48.7. The van der Waals surface area contributed by atoms with Crippen LogP contribution in [0.3, 0.4) is 0 Å². The molecular weight excluding hydrogens is 996 g/mol. The fraction of sp³-hybridized carbons (Fsp3) is 0.0943. The van der Waals surface area contributed by atoms with Crippen LogP contribution in [0.4, 0.5) is 0 Å². The van der Waals surface area contributed by atoms with Crippen molar-refractivity contribution in [3.63, 3.8) is 0 Å². The Morgan fingerprint density at radius 3 is 1.34 bits per heavy atom. The smallest absolute Gasteiger partial charge is 0.312 e. The van der Waals surface area contributed by atoms with Crippen LogP contribution in [0.25, 0.3) is 11.4 Å². The third-order valence-corrected chi connectivity index (χ3v) is 12.6. The first-order chi connectivity index (χ1) is 32.5. The number of alkyl halides is 6. The van der Waals surface area contributed by atoms with E-state index in [9.17, 15) is 9.59 Å². The van der Waals surface area contributed by atoms with Gasteiger partial charge in [-0.1, -0.05) is 244 Å². The van der Waals surface area contributed by atoms with Crippen LogP contribution in [0.1, 0.15) is 44.9 Å². The van der Waals surface area contributed by atoms with Gasteiger partial charge in [-0.3, -0.25) is 4.79 Å². The maximum absolute atomic E-state index is 12.4. The first-order valence-corrected chi connectivity index (χ1v) is 24.1. The lowest BCUT2D eigenvalue weighted by molar-refractivity contribution is 0.0515. The number of Topliss-reactive ketones (excluding diaryl/α,β-unsaturated/α-hetero) is 1. The number of ketones is 1. The molecule has 8 aromatic rings. The van der Waals surface area contributed by atoms with Crippen molar-refractivity contribution in [2.45, 2.75) is 38.0 Å². The molecule has 0 saturated carbocycles. The standard InChI is InChI=1S/C22H17NO3S.C19H18B.C12H7Cl6N3/c1-16(23-26-22(25)18-8-4-2-5-9-18)21(24)17-12-14-20(15-13-17)27-19-10-6-3-7-11-19;1-20(17-11-5-2-6-12-17,18-13-7-3-8-14-18)19-15-9-4-10-16-19;1-6-2-4-7(5-3-6)8-19-9(11(13,14)15)21-10(20-8)12(16,17)18/h2-15H,1H3;2-16H,1H3;2-5H,1H3/q;-1;/b23-16+;;. The minimum atomic E-state index is -1.85. The summed E-state index contributed by atoms with van der Waals surface area (Å²) in [6.45, 7) is 5.84. The van der Waals surface area contributed by atoms with E-state index in [-0.39, 0.29) is 29.0 Å². The topological polar surface area (TPSA) is 94.4 Å². The Hall–Kier alpha value is -5.49. The fourth-order valence-electron chi connectivity index (χ4n) is 6.84. The molecule has 0 spiro atoms. The first-order valence-electron chi connectivity index (χ1n) is 21.0. The predicted octanol–water partition coefficient (Wildman–Crippen LogP) is 13.5. The summed E-state index contributed by atoms with van der Waals surface area (Å²) in [5, 5.41) is 3.68. The number of halogens is 6. The van der Waals surface area contributed by atoms with Crippen molar-refractivity contribution < 1.29 is 14.4 Å². The molecule has 0 aliphatic heterocycles. The maximum atomic E-state index is 12.4. The second kappa shape index (κ2) is 24.2. The maximum Gasteiger partial charge on any atom is 0.365 e. The van der Waals surface area contributed by atoms with Gasteiger partial charge in [-0.25, -0.2) is 36.1 Å². The lowest BCUT2D eigenvalue weighted by atomic mass is 9.17. The van der Waals surface area contributed by atoms with Crippen LogP contribution in [-0.2, 0) is 12.4 Å². The Labute approximate surface area is 430 Å². The van der Waals surface area contributed by atoms with E-state index >= 15 is 0 Å². The van der Waals surface area contributed by atoms with Gasteiger partial charge in [0, 0.05) is 20.9 Å². The van der Waals surface area contributed by atoms with Gasteiger partial charge in [0.1, 0.15) is 5.71 Å². The van der Waals surface area contributed by atoms with Gasteiger partial charge in [0.25, 0.3) is 0 Å². The number of aromatic nitrogens is 3. The average Bonchev–Trinajstić information content (AvgIpc) is 3.36. The summed E-state index contributed by atoms with van der Waals surface area (Å²) >= 11 is 36.5. The molecule has 0 amide bonds. The summed E-state index contributed by atoms with van der Waals surface area (Å²) in [6, 6.07) is 65.6. The van der Waals surface area contributed by atoms with Gasteiger partial charge in [0.15, 0.2) is 17.5 Å². The van der Waals surface area contributed by atoms with E-state index in [0.717, 1.165) is 15.4 Å². The van der Waals surface area contributed by atoms with Crippen LogP contribution < -0.4 is 16.4 Å². The van der Waals surface area contributed by atoms with Crippen LogP contribution in [0.15, 0.2) is 215 Å². The molecule has 0 aliphatic carbocycles. The Morgan fingerprint density at radius 2 is 0.912 bits per heavy atom. The van der Waals surface area contributed by atoms with Crippen molar-refractivity contribution in [2.75, 3.05) is 0 Å². The van der Waals surface area contributed by atoms with Gasteiger partial charge in [-0.05, 0) is 62.4 Å². The summed E-state index contributed by atoms with van der Waals surface area (Å²) in [6.07, 6.45) is -0.912. The molecule has 15 heteroatoms. The van der Waals surface area contributed by atoms with E-state index in [0.29, 0.717) is 16.7 Å². The molecule has 344 valence electrons. The van der Waals surface area contributed by atoms with Crippen molar-refractivity contribution in [1.82, 2.24) is 15.0 Å². The van der Waals surface area contributed by atoms with Crippen molar-refractivity contribution in [3.05, 3.63) is 229 Å². The molecule has 0 saturated heterocycles. The number of aryl methyl sites for hydroxylation is 1. The van der Waals surface area contributed by atoms with Crippen LogP contribution in [-0.4, -0.2) is 38.6 Å². The summed E-state index contributed by atoms with van der Waals surface area (Å²) in [4.78, 5) is 43.5. The average molecular weight is 1040 g/mol. The second-order valence-electron chi connectivity index (χ2n) is 15.4. The molecule has 68 heavy (non-hydrogen) atoms. The quantitative estimate of drug-likeness (QED) is 0.0336. The Bertz CT molecular complexity index is 2780. The molecule has 7 aromatic carbocycles. The molecule has 0 radical (unpaired) electrons. The van der Waals surface area contributed by atoms with E-state index in [1.165, 1.54) is 23.3 Å². The van der Waals surface area contributed by atoms with Crippen LogP contribution in [0.5, 0.6) is 0 Å². The number of rotatable bonds is 10. The van der Waals surface area contributed by atoms with Gasteiger partial charge < -0.3 is 4.84 Å². The SMILES string of the molecule is C/C(=N\OC(=O)c1ccccc1)C(=O)c1ccc(Sc2ccccc2)cc1.C[B-](c1ccccc1)(c1ccccc1)c1ccccc1.Cc1ccc(-c2nc(C(Cl)(Cl)Cl)nc(C(Cl)(Cl)Cl)n2)cc1. The molecule has 0 unspecified atom stereocenters. The number of hydrogen-bond donors (Lipinski definition) is 0. The zero-order valence-electron chi connectivity index (χ0n) is 36.8. The molecule has 0 aliphatic rings. The minimum absolute atomic E-state index is 0.112. The highest BCUT2D eigenvalue weighted by atomic mass is 35.6. The largest absolute Gasteiger partial charge is 0.365 e. The lowest BCUT2D eigenvalue weighted by Gasteiger charge is -2.39. The molecule has 1 aromatic heterocycles. The van der Waals surface area contributed by atoms with Gasteiger partial charge in [-0.15, -0.1) is 0 Å². The van der Waals surface area contributed by atoms with Gasteiger partial charge in [0.05, 0.1) is 11.7 Å². The van der Waals surface area contributed by atoms with Gasteiger partial charge in [-0.2, -0.15) is 6.82 Å². The van der Waals surface area contributed by atoms with E-state index in [4.69, 9.17) is 74.4 Å². The Morgan fingerprint density at radius 1 is 0.515 bits per heavy atom. The van der Waals surface area contributed by atoms with E-state index in [2.05, 4.69) is 118 Å². The Balaban J connectivity index is 0.000000170. The number of benzene rings is 7. The lowest BCUT2D eigenvalue weighted by Crippen LogP contribution is -2.64. The molecule has 8 rings (SSSR count). The highest BCUT2D eigenvalue weighted by Crippen LogP contribution is 2.40. The van der Waals surface area contributed by atoms with Gasteiger partial charge in [0.2, 0.25) is 13.4 Å². The van der Waals surface area contributed by atoms with Gasteiger partial charge >= 0.3 is 5.97 Å². The highest BCUT2D eigenvalue weighted by Gasteiger charge is 2.34. The second-order valence-corrected chi connectivity index (χ2v) is 21.1. The summed E-state index contributed by atoms with van der Waals surface area (Å²) in [7, 11) is 0. The fourth-order valence-corrected chi connectivity index (χ4v) is 8.18. The molecule has 0 atom stereocenters. The molecule has 0 fully saturated rings. The predicted molar refractivity (Wildman–Crippen MR) is 285 cm³/mol. The number of oxime groups is 1. The number of carbonyl (C=O) groups excluding carboxylic acids is 2. The molecule has 7 nitrogen and oxygen atoms in total. The third-order valence-electron chi connectivity index (χ3n) is 10.5. The summed E-state index contributed by atoms with van der Waals surface area (Å²) in [5.74, 6) is -0.851. The van der Waals surface area contributed by atoms with Crippen LogP contribution in [0, 0.1) is 6.92 Å². The van der Waals surface area contributed by atoms with Crippen molar-refractivity contribution in [2.24, 2.45) is 5.16 Å². The van der Waals surface area contributed by atoms with Crippen molar-refractivity contribution >= 4 is 121 Å². The number of hydrogen-bond acceptors (Lipinski definition) is 8. The van der Waals surface area contributed by atoms with E-state index < -0.39 is 19.7 Å². The van der Waals surface area contributed by atoms with E-state index in [1.54, 1.807) is 54.2 Å². The van der Waals surface area contributed by atoms with Crippen molar-refractivity contribution in [1.29, 1.82) is 0 Å². The highest BCUT2D eigenvalue weighted by molar-refractivity contribution is 7.99. The molecule has 0 N–H and O–H groups in total. The van der Waals surface area contributed by atoms with E-state index in [1.807, 2.05) is 73.7 Å². The summed E-state index contributed by atoms with van der Waals surface area (Å²) in [5.41, 5.74) is 6.89.